The van der Waals surface area contributed by atoms with Crippen molar-refractivity contribution in [2.24, 2.45) is 0 Å². The summed E-state index contributed by atoms with van der Waals surface area (Å²) in [6.45, 7) is 0.498. The molecule has 1 heterocycles. The molecule has 0 radical (unpaired) electrons. The molecule has 0 amide bonds. The van der Waals surface area contributed by atoms with E-state index in [0.717, 1.165) is 34.1 Å². The van der Waals surface area contributed by atoms with E-state index in [2.05, 4.69) is 0 Å². The lowest BCUT2D eigenvalue weighted by Crippen LogP contribution is -1.95. The molecule has 1 aliphatic rings. The van der Waals surface area contributed by atoms with Gasteiger partial charge in [0, 0.05) is 0 Å². The number of hydrogen-bond donors (Lipinski definition) is 1. The highest BCUT2D eigenvalue weighted by Crippen LogP contribution is 2.33. The van der Waals surface area contributed by atoms with Crippen molar-refractivity contribution >= 4 is 22.9 Å². The Hall–Kier alpha value is -1.03. The van der Waals surface area contributed by atoms with Crippen molar-refractivity contribution in [3.63, 3.8) is 0 Å². The number of ether oxygens (including phenoxy) is 1. The molecule has 0 bridgehead atoms. The SMILES string of the molecule is OC1CCc2cc(OCc3sccc3Cl)ccc21. The topological polar surface area (TPSA) is 29.5 Å². The van der Waals surface area contributed by atoms with Crippen LogP contribution in [0.25, 0.3) is 0 Å². The molecule has 1 aromatic heterocycles. The summed E-state index contributed by atoms with van der Waals surface area (Å²) >= 11 is 7.61. The highest BCUT2D eigenvalue weighted by molar-refractivity contribution is 7.10. The molecular weight excluding hydrogens is 268 g/mol. The Labute approximate surface area is 115 Å². The van der Waals surface area contributed by atoms with E-state index in [1.807, 2.05) is 29.6 Å². The summed E-state index contributed by atoms with van der Waals surface area (Å²) in [5.74, 6) is 0.840. The van der Waals surface area contributed by atoms with Gasteiger partial charge in [-0.25, -0.2) is 0 Å². The molecule has 1 unspecified atom stereocenters. The van der Waals surface area contributed by atoms with Gasteiger partial charge in [-0.05, 0) is 47.5 Å². The summed E-state index contributed by atoms with van der Waals surface area (Å²) in [5, 5.41) is 12.5. The zero-order valence-corrected chi connectivity index (χ0v) is 11.3. The lowest BCUT2D eigenvalue weighted by molar-refractivity contribution is 0.180. The first-order chi connectivity index (χ1) is 8.74. The molecule has 4 heteroatoms. The second kappa shape index (κ2) is 4.92. The van der Waals surface area contributed by atoms with Crippen LogP contribution >= 0.6 is 22.9 Å². The third-order valence-corrected chi connectivity index (χ3v) is 4.58. The Morgan fingerprint density at radius 1 is 1.39 bits per heavy atom. The van der Waals surface area contributed by atoms with Gasteiger partial charge in [-0.1, -0.05) is 17.7 Å². The maximum Gasteiger partial charge on any atom is 0.124 e. The number of aryl methyl sites for hydroxylation is 1. The Balaban J connectivity index is 1.73. The van der Waals surface area contributed by atoms with Crippen LogP contribution in [0.1, 0.15) is 28.5 Å². The van der Waals surface area contributed by atoms with Crippen LogP contribution in [0.3, 0.4) is 0 Å². The van der Waals surface area contributed by atoms with Gasteiger partial charge in [0.25, 0.3) is 0 Å². The number of rotatable bonds is 3. The van der Waals surface area contributed by atoms with Crippen molar-refractivity contribution in [2.45, 2.75) is 25.6 Å². The van der Waals surface area contributed by atoms with Crippen LogP contribution in [0.5, 0.6) is 5.75 Å². The second-order valence-corrected chi connectivity index (χ2v) is 5.80. The Kier molecular flexibility index (Phi) is 3.29. The van der Waals surface area contributed by atoms with Gasteiger partial charge in [0.05, 0.1) is 16.0 Å². The van der Waals surface area contributed by atoms with Crippen LogP contribution in [0, 0.1) is 0 Å². The molecule has 1 aromatic carbocycles. The van der Waals surface area contributed by atoms with Gasteiger partial charge >= 0.3 is 0 Å². The first-order valence-corrected chi connectivity index (χ1v) is 7.15. The van der Waals surface area contributed by atoms with Crippen molar-refractivity contribution in [3.05, 3.63) is 50.7 Å². The van der Waals surface area contributed by atoms with Crippen molar-refractivity contribution in [1.82, 2.24) is 0 Å². The number of fused-ring (bicyclic) bond motifs is 1. The molecule has 94 valence electrons. The van der Waals surface area contributed by atoms with Crippen LogP contribution in [-0.4, -0.2) is 5.11 Å². The summed E-state index contributed by atoms with van der Waals surface area (Å²) in [6.07, 6.45) is 1.43. The number of aliphatic hydroxyl groups is 1. The van der Waals surface area contributed by atoms with Gasteiger partial charge in [-0.2, -0.15) is 0 Å². The van der Waals surface area contributed by atoms with Crippen LogP contribution in [0.2, 0.25) is 5.02 Å². The molecule has 0 spiro atoms. The Morgan fingerprint density at radius 2 is 2.28 bits per heavy atom. The van der Waals surface area contributed by atoms with Gasteiger partial charge in [0.2, 0.25) is 0 Å². The molecule has 1 N–H and O–H groups in total. The minimum absolute atomic E-state index is 0.305. The number of thiophene rings is 1. The third-order valence-electron chi connectivity index (χ3n) is 3.22. The van der Waals surface area contributed by atoms with Crippen LogP contribution in [-0.2, 0) is 13.0 Å². The molecule has 2 aromatic rings. The summed E-state index contributed by atoms with van der Waals surface area (Å²) in [5.41, 5.74) is 2.23. The third kappa shape index (κ3) is 2.26. The monoisotopic (exact) mass is 280 g/mol. The van der Waals surface area contributed by atoms with Crippen molar-refractivity contribution in [1.29, 1.82) is 0 Å². The fraction of sp³-hybridized carbons (Fsp3) is 0.286. The predicted molar refractivity (Wildman–Crippen MR) is 73.4 cm³/mol. The number of hydrogen-bond acceptors (Lipinski definition) is 3. The number of aliphatic hydroxyl groups excluding tert-OH is 1. The zero-order chi connectivity index (χ0) is 12.5. The minimum atomic E-state index is -0.305. The average Bonchev–Trinajstić information content (AvgIpc) is 2.94. The molecule has 2 nitrogen and oxygen atoms in total. The fourth-order valence-electron chi connectivity index (χ4n) is 2.24. The average molecular weight is 281 g/mol. The highest BCUT2D eigenvalue weighted by atomic mass is 35.5. The molecule has 1 atom stereocenters. The predicted octanol–water partition coefficient (Wildman–Crippen LogP) is 3.96. The van der Waals surface area contributed by atoms with Gasteiger partial charge in [0.15, 0.2) is 0 Å². The smallest absolute Gasteiger partial charge is 0.124 e. The quantitative estimate of drug-likeness (QED) is 0.922. The molecule has 18 heavy (non-hydrogen) atoms. The van der Waals surface area contributed by atoms with Crippen molar-refractivity contribution < 1.29 is 9.84 Å². The summed E-state index contributed by atoms with van der Waals surface area (Å²) in [6, 6.07) is 7.77. The second-order valence-electron chi connectivity index (χ2n) is 4.40. The van der Waals surface area contributed by atoms with E-state index < -0.39 is 0 Å². The van der Waals surface area contributed by atoms with E-state index in [0.29, 0.717) is 6.61 Å². The van der Waals surface area contributed by atoms with E-state index in [-0.39, 0.29) is 6.10 Å². The molecule has 3 rings (SSSR count). The van der Waals surface area contributed by atoms with Crippen molar-refractivity contribution in [2.75, 3.05) is 0 Å². The largest absolute Gasteiger partial charge is 0.488 e. The van der Waals surface area contributed by atoms with E-state index in [9.17, 15) is 5.11 Å². The summed E-state index contributed by atoms with van der Waals surface area (Å²) in [7, 11) is 0. The molecule has 1 aliphatic carbocycles. The van der Waals surface area contributed by atoms with E-state index in [4.69, 9.17) is 16.3 Å². The maximum absolute atomic E-state index is 9.73. The maximum atomic E-state index is 9.73. The minimum Gasteiger partial charge on any atom is -0.488 e. The normalized spacial score (nSPS) is 17.8. The molecule has 0 saturated heterocycles. The molecule has 0 aliphatic heterocycles. The van der Waals surface area contributed by atoms with Crippen LogP contribution in [0.4, 0.5) is 0 Å². The Bertz CT molecular complexity index is 565. The number of halogens is 1. The highest BCUT2D eigenvalue weighted by Gasteiger charge is 2.20. The number of benzene rings is 1. The van der Waals surface area contributed by atoms with Crippen molar-refractivity contribution in [3.8, 4) is 5.75 Å². The zero-order valence-electron chi connectivity index (χ0n) is 9.73. The van der Waals surface area contributed by atoms with Gasteiger partial charge in [0.1, 0.15) is 12.4 Å². The van der Waals surface area contributed by atoms with Crippen LogP contribution in [0.15, 0.2) is 29.6 Å². The fourth-order valence-corrected chi connectivity index (χ4v) is 3.24. The van der Waals surface area contributed by atoms with Gasteiger partial charge in [-0.3, -0.25) is 0 Å². The summed E-state index contributed by atoms with van der Waals surface area (Å²) in [4.78, 5) is 1.04. The lowest BCUT2D eigenvalue weighted by atomic mass is 10.1. The standard InChI is InChI=1S/C14H13ClO2S/c15-12-5-6-18-14(12)8-17-10-2-3-11-9(7-10)1-4-13(11)16/h2-3,5-7,13,16H,1,4,8H2. The van der Waals surface area contributed by atoms with E-state index in [1.54, 1.807) is 11.3 Å². The molecular formula is C14H13ClO2S. The first kappa shape index (κ1) is 12.0. The molecule has 0 fully saturated rings. The van der Waals surface area contributed by atoms with Gasteiger partial charge < -0.3 is 9.84 Å². The summed E-state index contributed by atoms with van der Waals surface area (Å²) < 4.78 is 5.74. The first-order valence-electron chi connectivity index (χ1n) is 5.89. The van der Waals surface area contributed by atoms with Gasteiger partial charge in [-0.15, -0.1) is 11.3 Å². The van der Waals surface area contributed by atoms with Crippen LogP contribution < -0.4 is 4.74 Å². The lowest BCUT2D eigenvalue weighted by Gasteiger charge is -2.08. The molecule has 0 saturated carbocycles. The van der Waals surface area contributed by atoms with E-state index in [1.165, 1.54) is 5.56 Å². The Morgan fingerprint density at radius 3 is 3.06 bits per heavy atom. The van der Waals surface area contributed by atoms with E-state index >= 15 is 0 Å².